The van der Waals surface area contributed by atoms with E-state index in [1.165, 1.54) is 206 Å². The molecule has 0 aromatic heterocycles. The van der Waals surface area contributed by atoms with Crippen molar-refractivity contribution in [2.24, 2.45) is 23.7 Å². The van der Waals surface area contributed by atoms with Gasteiger partial charge in [-0.15, -0.1) is 0 Å². The fourth-order valence-electron chi connectivity index (χ4n) is 12.8. The van der Waals surface area contributed by atoms with Crippen LogP contribution in [0.4, 0.5) is 43.9 Å². The summed E-state index contributed by atoms with van der Waals surface area (Å²) in [5.41, 5.74) is -4.93. The predicted molar refractivity (Wildman–Crippen MR) is 516 cm³/mol. The molecular formula is C93H121Br7ClF10FeNaO13P2. The van der Waals surface area contributed by atoms with Gasteiger partial charge in [-0.3, -0.25) is 33.3 Å². The Morgan fingerprint density at radius 2 is 0.820 bits per heavy atom. The maximum atomic E-state index is 14.0. The van der Waals surface area contributed by atoms with Gasteiger partial charge in [0.1, 0.15) is 58.1 Å². The van der Waals surface area contributed by atoms with Crippen LogP contribution in [0.2, 0.25) is 0 Å². The van der Waals surface area contributed by atoms with Gasteiger partial charge in [0, 0.05) is 103 Å². The molecule has 2 aliphatic carbocycles. The van der Waals surface area contributed by atoms with Crippen molar-refractivity contribution < 1.29 is 154 Å². The van der Waals surface area contributed by atoms with Gasteiger partial charge >= 0.3 is 47.5 Å². The van der Waals surface area contributed by atoms with Crippen molar-refractivity contribution in [3.8, 4) is 0 Å². The number of allylic oxidation sites excluding steroid dienone is 3. The third-order valence-electron chi connectivity index (χ3n) is 18.0. The first kappa shape index (κ1) is 133. The molecule has 13 nitrogen and oxygen atoms in total. The van der Waals surface area contributed by atoms with Gasteiger partial charge in [-0.1, -0.05) is 247 Å². The summed E-state index contributed by atoms with van der Waals surface area (Å²) in [4.78, 5) is 75.8. The zero-order valence-electron chi connectivity index (χ0n) is 77.1. The smallest absolute Gasteiger partial charge is 0.870 e. The summed E-state index contributed by atoms with van der Waals surface area (Å²) in [6, 6.07) is 24.2. The van der Waals surface area contributed by atoms with Crippen molar-refractivity contribution in [3.05, 3.63) is 215 Å². The largest absolute Gasteiger partial charge is 1.00 e. The number of carbonyl (C=O) groups excluding carboxylic acids is 5. The number of halogens is 18. The monoisotopic (exact) mass is 2360 g/mol. The first-order chi connectivity index (χ1) is 56.8. The minimum absolute atomic E-state index is 0. The zero-order chi connectivity index (χ0) is 97.8. The molecule has 0 radical (unpaired) electrons. The maximum absolute atomic E-state index is 14.0. The van der Waals surface area contributed by atoms with E-state index in [2.05, 4.69) is 176 Å². The topological polar surface area (TPSA) is 225 Å². The second-order valence-electron chi connectivity index (χ2n) is 34.1. The molecule has 2 saturated carbocycles. The summed E-state index contributed by atoms with van der Waals surface area (Å²) in [5.74, 6) is -5.74. The summed E-state index contributed by atoms with van der Waals surface area (Å²) >= 11 is 26.8. The van der Waals surface area contributed by atoms with Crippen molar-refractivity contribution in [2.45, 2.75) is 248 Å². The van der Waals surface area contributed by atoms with Gasteiger partial charge < -0.3 is 24.9 Å². The summed E-state index contributed by atoms with van der Waals surface area (Å²) in [7, 11) is -0.105. The Labute approximate surface area is 849 Å². The summed E-state index contributed by atoms with van der Waals surface area (Å²) < 4.78 is 157. The van der Waals surface area contributed by atoms with Crippen LogP contribution in [0.5, 0.6) is 0 Å². The Kier molecular flexibility index (Phi) is 65.3. The van der Waals surface area contributed by atoms with Crippen molar-refractivity contribution in [1.29, 1.82) is 0 Å². The standard InChI is InChI=1S/C16H33P.C13H13BrF2O.C12H13BrF2O2.C12H11BrF2O2.C10H9BrF2O.C10H10BrFO.C6H3Br2F.C5H11O4P.C5H10.C4H7ClO.Fe.Na.H2O/c1-12-10-9-11-14(12)13(2)17(15(3,4)5)16(6,7)8;1-8(17)4-12(13(2,3)16)9-5-10(14)7-11(15)6-9;2*1-12(2,15)10(6-11(16)17)7-3-8(13)5-9(14)4-7;1-10(2,13)9(14)6-3-7(11)5-8(12)4-6;1-6(2)10(13)7-3-8(11)5-9(12)4-7;7-4-1-5(8)3-6(9)2-4;1-8-5(6)4-10(3,7)9-2;1-2-4-5-3-1;1-3(2)4(5)6;;;/h12-14H,9-11H2,1-8H3;4-7H,1-3H3;3-5,10H,6H2,1-2H3,(H,16,17);3-6H,1-2H3,(H,16,17);3-5H,1-2H3;3-6H,1-2H3;1-3H;4H2,1-3H3;1-5H2;3H,1-2H3;;;1H2/q;;;;;;;;;;;+1;/p-1/b;12-4+;;10-6+;;;;;;;;;/t12?,13-,14?;;10-;;;;;;;;;;/m1.0........../s1. The van der Waals surface area contributed by atoms with Crippen LogP contribution in [0.3, 0.4) is 0 Å². The Morgan fingerprint density at radius 3 is 1.09 bits per heavy atom. The first-order valence-electron chi connectivity index (χ1n) is 39.6. The molecule has 0 amide bonds. The average molecular weight is 2370 g/mol. The second-order valence-corrected chi connectivity index (χ2v) is 47.9. The average Bonchev–Trinajstić information content (AvgIpc) is 1.26. The van der Waals surface area contributed by atoms with E-state index in [0.717, 1.165) is 58.5 Å². The fourth-order valence-corrected chi connectivity index (χ4v) is 22.4. The Bertz CT molecular complexity index is 4360. The van der Waals surface area contributed by atoms with Gasteiger partial charge in [-0.2, -0.15) is 0 Å². The van der Waals surface area contributed by atoms with E-state index in [9.17, 15) is 82.0 Å². The van der Waals surface area contributed by atoms with Crippen LogP contribution in [-0.4, -0.2) is 122 Å². The van der Waals surface area contributed by atoms with E-state index in [4.69, 9.17) is 21.8 Å². The van der Waals surface area contributed by atoms with Crippen molar-refractivity contribution in [1.82, 2.24) is 0 Å². The molecular weight excluding hydrogens is 2250 g/mol. The third-order valence-corrected chi connectivity index (χ3v) is 27.4. The summed E-state index contributed by atoms with van der Waals surface area (Å²) in [6.07, 6.45) is 13.3. The number of methoxy groups -OCH3 is 1. The van der Waals surface area contributed by atoms with Crippen LogP contribution in [0.1, 0.15) is 247 Å². The molecule has 3 unspecified atom stereocenters. The number of alkyl halides is 4. The fraction of sp³-hybridized carbons (Fsp3) is 0.495. The maximum Gasteiger partial charge on any atom is 1.00 e. The van der Waals surface area contributed by atoms with E-state index in [-0.39, 0.29) is 129 Å². The van der Waals surface area contributed by atoms with Gasteiger partial charge in [-0.05, 0) is 246 Å². The van der Waals surface area contributed by atoms with E-state index in [1.54, 1.807) is 45.9 Å². The molecule has 0 spiro atoms. The molecule has 3 N–H and O–H groups in total. The van der Waals surface area contributed by atoms with E-state index in [0.29, 0.717) is 49.4 Å². The van der Waals surface area contributed by atoms with Gasteiger partial charge in [0.25, 0.3) is 0 Å². The third kappa shape index (κ3) is 57.7. The molecule has 35 heteroatoms. The molecule has 0 saturated heterocycles. The van der Waals surface area contributed by atoms with Crippen molar-refractivity contribution in [2.75, 3.05) is 27.0 Å². The molecule has 0 heterocycles. The molecule has 6 aromatic rings. The molecule has 2 fully saturated rings. The molecule has 2 aliphatic rings. The number of carbonyl (C=O) groups is 7. The zero-order valence-corrected chi connectivity index (χ0v) is 93.8. The number of ether oxygens (including phenoxy) is 1. The quantitative estimate of drug-likeness (QED) is 0.0138. The molecule has 716 valence electrons. The number of hydrogen-bond acceptors (Lipinski definition) is 11. The number of benzene rings is 6. The van der Waals surface area contributed by atoms with Crippen molar-refractivity contribution >= 4 is 190 Å². The second kappa shape index (κ2) is 62.6. The van der Waals surface area contributed by atoms with Crippen LogP contribution in [0.25, 0.3) is 11.1 Å². The number of esters is 1. The molecule has 5 atom stereocenters. The number of aliphatic carboxylic acids is 2. The molecule has 0 aliphatic heterocycles. The number of ketones is 3. The molecule has 8 rings (SSSR count). The van der Waals surface area contributed by atoms with Gasteiger partial charge in [0.2, 0.25) is 12.6 Å². The Hall–Kier alpha value is -3.06. The van der Waals surface area contributed by atoms with E-state index < -0.39 is 88.7 Å². The van der Waals surface area contributed by atoms with E-state index in [1.807, 2.05) is 0 Å². The van der Waals surface area contributed by atoms with Crippen LogP contribution in [0.15, 0.2) is 153 Å². The number of carboxylic acids is 2. The van der Waals surface area contributed by atoms with E-state index >= 15 is 0 Å². The number of carboxylic acid groups (broad SMARTS) is 2. The summed E-state index contributed by atoms with van der Waals surface area (Å²) in [6.45, 7) is 39.6. The van der Waals surface area contributed by atoms with Crippen LogP contribution >= 0.6 is 138 Å². The molecule has 6 aromatic carbocycles. The van der Waals surface area contributed by atoms with Crippen LogP contribution in [0, 0.1) is 58.6 Å². The minimum Gasteiger partial charge on any atom is -0.870 e. The predicted octanol–water partition coefficient (Wildman–Crippen LogP) is 29.1. The number of rotatable bonds is 20. The van der Waals surface area contributed by atoms with Crippen molar-refractivity contribution in [3.63, 3.8) is 0 Å². The number of Topliss-reactive ketones (excluding diaryl/α,β-unsaturated/α-hetero) is 2. The van der Waals surface area contributed by atoms with Gasteiger partial charge in [0.15, 0.2) is 23.0 Å². The normalized spacial score (nSPS) is 14.6. The molecule has 0 bridgehead atoms. The van der Waals surface area contributed by atoms with Crippen LogP contribution in [-0.2, 0) is 54.9 Å². The van der Waals surface area contributed by atoms with Gasteiger partial charge in [-0.25, -0.2) is 48.7 Å². The molecule has 128 heavy (non-hydrogen) atoms. The first-order valence-corrected chi connectivity index (χ1v) is 49.2. The summed E-state index contributed by atoms with van der Waals surface area (Å²) in [5, 5.41) is 18.2. The number of hydrogen-bond donors (Lipinski definition) is 2. The van der Waals surface area contributed by atoms with Gasteiger partial charge in [0.05, 0.1) is 13.5 Å². The van der Waals surface area contributed by atoms with Crippen LogP contribution < -0.4 is 29.6 Å². The SMILES string of the molecule is C1CCCC1.CC(=O)/C=C(\c1cc(F)cc(Br)c1)C(C)(C)F.CC(C)(F)/C(=C/C(=O)O)c1cc(F)cc(Br)c1.CC(C)(F)C(=O)c1cc(F)cc(Br)c1.CC(C)(F)[C@@H](CC(=O)O)c1cc(F)cc(Br)c1.CC(C)C(=O)Cl.CC(C)C(=O)c1cc(F)cc(Br)c1.CC1CCCC1[C@@H](C)P(C(C)(C)C)C(C)(C)C.COC(=O)CP(C)(=O)OC.Fc1cc(Br)cc(Br)c1.[Fe].[Na+].[OH-]. The minimum atomic E-state index is -2.72. The Balaban J connectivity index is -0.000000444. The Morgan fingerprint density at radius 1 is 0.500 bits per heavy atom.